The molecule has 4 aromatic rings. The van der Waals surface area contributed by atoms with Gasteiger partial charge in [0, 0.05) is 11.3 Å². The van der Waals surface area contributed by atoms with Crippen LogP contribution in [0, 0.1) is 6.92 Å². The quantitative estimate of drug-likeness (QED) is 0.252. The molecule has 0 bridgehead atoms. The van der Waals surface area contributed by atoms with Crippen LogP contribution in [-0.4, -0.2) is 32.1 Å². The number of carbonyl (C=O) groups is 1. The molecule has 0 saturated heterocycles. The zero-order chi connectivity index (χ0) is 22.3. The molecular weight excluding hydrogens is 418 g/mol. The highest BCUT2D eigenvalue weighted by molar-refractivity contribution is 7.99. The van der Waals surface area contributed by atoms with Gasteiger partial charge in [-0.05, 0) is 31.5 Å². The number of hydrogen-bond donors (Lipinski definition) is 1. The SMILES string of the molecule is C/C(=N\NC(=O)CSc1nnc(-c2ccccc2)n1-c1ccc(C)cc1)c1ccccc1. The first-order valence-electron chi connectivity index (χ1n) is 10.2. The third-order valence-electron chi connectivity index (χ3n) is 4.83. The number of aryl methyl sites for hydroxylation is 1. The van der Waals surface area contributed by atoms with Crippen molar-refractivity contribution in [1.82, 2.24) is 20.2 Å². The Bertz CT molecular complexity index is 1220. The Labute approximate surface area is 191 Å². The summed E-state index contributed by atoms with van der Waals surface area (Å²) in [6.45, 7) is 3.91. The maximum Gasteiger partial charge on any atom is 0.250 e. The average Bonchev–Trinajstić information content (AvgIpc) is 3.27. The first-order chi connectivity index (χ1) is 15.6. The largest absolute Gasteiger partial charge is 0.272 e. The number of amides is 1. The Morgan fingerprint density at radius 2 is 1.59 bits per heavy atom. The number of nitrogens with zero attached hydrogens (tertiary/aromatic N) is 4. The fraction of sp³-hybridized carbons (Fsp3) is 0.120. The van der Waals surface area contributed by atoms with Crippen molar-refractivity contribution in [2.24, 2.45) is 5.10 Å². The molecule has 160 valence electrons. The third-order valence-corrected chi connectivity index (χ3v) is 5.76. The molecule has 0 spiro atoms. The third kappa shape index (κ3) is 5.12. The first kappa shape index (κ1) is 21.5. The van der Waals surface area contributed by atoms with Crippen molar-refractivity contribution in [1.29, 1.82) is 0 Å². The Morgan fingerprint density at radius 1 is 0.938 bits per heavy atom. The highest BCUT2D eigenvalue weighted by Crippen LogP contribution is 2.28. The second kappa shape index (κ2) is 10.1. The van der Waals surface area contributed by atoms with E-state index >= 15 is 0 Å². The highest BCUT2D eigenvalue weighted by Gasteiger charge is 2.17. The van der Waals surface area contributed by atoms with E-state index in [0.29, 0.717) is 5.16 Å². The van der Waals surface area contributed by atoms with Crippen LogP contribution >= 0.6 is 11.8 Å². The predicted octanol–water partition coefficient (Wildman–Crippen LogP) is 4.88. The van der Waals surface area contributed by atoms with Crippen molar-refractivity contribution in [3.63, 3.8) is 0 Å². The molecule has 0 saturated carbocycles. The first-order valence-corrected chi connectivity index (χ1v) is 11.2. The minimum atomic E-state index is -0.204. The fourth-order valence-corrected chi connectivity index (χ4v) is 3.86. The van der Waals surface area contributed by atoms with E-state index in [0.717, 1.165) is 28.4 Å². The minimum Gasteiger partial charge on any atom is -0.272 e. The van der Waals surface area contributed by atoms with Gasteiger partial charge in [-0.15, -0.1) is 10.2 Å². The summed E-state index contributed by atoms with van der Waals surface area (Å²) in [6.07, 6.45) is 0. The van der Waals surface area contributed by atoms with Gasteiger partial charge in [-0.2, -0.15) is 5.10 Å². The van der Waals surface area contributed by atoms with Crippen molar-refractivity contribution >= 4 is 23.4 Å². The molecule has 0 aliphatic rings. The molecule has 1 amide bonds. The van der Waals surface area contributed by atoms with Crippen LogP contribution in [0.1, 0.15) is 18.1 Å². The summed E-state index contributed by atoms with van der Waals surface area (Å²) in [5, 5.41) is 13.6. The lowest BCUT2D eigenvalue weighted by Gasteiger charge is -2.10. The number of benzene rings is 3. The van der Waals surface area contributed by atoms with E-state index in [4.69, 9.17) is 0 Å². The van der Waals surface area contributed by atoms with E-state index in [-0.39, 0.29) is 11.7 Å². The van der Waals surface area contributed by atoms with E-state index in [2.05, 4.69) is 20.7 Å². The summed E-state index contributed by atoms with van der Waals surface area (Å²) < 4.78 is 1.98. The van der Waals surface area contributed by atoms with Crippen molar-refractivity contribution in [3.05, 3.63) is 96.1 Å². The van der Waals surface area contributed by atoms with Gasteiger partial charge in [0.15, 0.2) is 11.0 Å². The van der Waals surface area contributed by atoms with Crippen molar-refractivity contribution in [2.75, 3.05) is 5.75 Å². The number of rotatable bonds is 7. The molecule has 0 aliphatic heterocycles. The molecule has 0 aliphatic carbocycles. The molecule has 4 rings (SSSR count). The zero-order valence-corrected chi connectivity index (χ0v) is 18.7. The predicted molar refractivity (Wildman–Crippen MR) is 129 cm³/mol. The van der Waals surface area contributed by atoms with E-state index < -0.39 is 0 Å². The molecule has 7 heteroatoms. The van der Waals surface area contributed by atoms with Gasteiger partial charge in [-0.3, -0.25) is 9.36 Å². The Hall–Kier alpha value is -3.71. The lowest BCUT2D eigenvalue weighted by molar-refractivity contribution is -0.118. The second-order valence-corrected chi connectivity index (χ2v) is 8.17. The lowest BCUT2D eigenvalue weighted by atomic mass is 10.1. The molecular formula is C25H23N5OS. The van der Waals surface area contributed by atoms with Crippen LogP contribution < -0.4 is 5.43 Å². The maximum atomic E-state index is 12.4. The van der Waals surface area contributed by atoms with E-state index in [1.165, 1.54) is 17.3 Å². The second-order valence-electron chi connectivity index (χ2n) is 7.23. The van der Waals surface area contributed by atoms with Gasteiger partial charge in [0.1, 0.15) is 0 Å². The molecule has 1 heterocycles. The van der Waals surface area contributed by atoms with E-state index in [9.17, 15) is 4.79 Å². The van der Waals surface area contributed by atoms with Crippen molar-refractivity contribution < 1.29 is 4.79 Å². The number of aromatic nitrogens is 3. The summed E-state index contributed by atoms with van der Waals surface area (Å²) in [5.41, 5.74) is 7.41. The highest BCUT2D eigenvalue weighted by atomic mass is 32.2. The smallest absolute Gasteiger partial charge is 0.250 e. The standard InChI is InChI=1S/C25H23N5OS/c1-18-13-15-22(16-14-18)30-24(21-11-7-4-8-12-21)28-29-25(30)32-17-23(31)27-26-19(2)20-9-5-3-6-10-20/h3-16H,17H2,1-2H3,(H,27,31)/b26-19+. The number of thioether (sulfide) groups is 1. The normalized spacial score (nSPS) is 11.4. The molecule has 0 fully saturated rings. The van der Waals surface area contributed by atoms with Gasteiger partial charge in [0.05, 0.1) is 11.5 Å². The molecule has 1 aromatic heterocycles. The molecule has 0 unspecified atom stereocenters. The van der Waals surface area contributed by atoms with Gasteiger partial charge in [-0.25, -0.2) is 5.43 Å². The van der Waals surface area contributed by atoms with Crippen LogP contribution in [0.25, 0.3) is 17.1 Å². The Morgan fingerprint density at radius 3 is 2.28 bits per heavy atom. The number of hydrazone groups is 1. The topological polar surface area (TPSA) is 72.2 Å². The van der Waals surface area contributed by atoms with Gasteiger partial charge in [-0.1, -0.05) is 90.1 Å². The summed E-state index contributed by atoms with van der Waals surface area (Å²) >= 11 is 1.33. The lowest BCUT2D eigenvalue weighted by Crippen LogP contribution is -2.21. The average molecular weight is 442 g/mol. The number of nitrogens with one attached hydrogen (secondary N) is 1. The van der Waals surface area contributed by atoms with Crippen LogP contribution in [0.5, 0.6) is 0 Å². The van der Waals surface area contributed by atoms with Crippen LogP contribution in [0.15, 0.2) is 95.2 Å². The molecule has 3 aromatic carbocycles. The maximum absolute atomic E-state index is 12.4. The van der Waals surface area contributed by atoms with Gasteiger partial charge in [0.25, 0.3) is 5.91 Å². The monoisotopic (exact) mass is 441 g/mol. The molecule has 32 heavy (non-hydrogen) atoms. The molecule has 0 radical (unpaired) electrons. The van der Waals surface area contributed by atoms with Crippen LogP contribution in [0.3, 0.4) is 0 Å². The Kier molecular flexibility index (Phi) is 6.77. The zero-order valence-electron chi connectivity index (χ0n) is 17.9. The molecule has 6 nitrogen and oxygen atoms in total. The van der Waals surface area contributed by atoms with Crippen LogP contribution in [-0.2, 0) is 4.79 Å². The van der Waals surface area contributed by atoms with Gasteiger partial charge >= 0.3 is 0 Å². The van der Waals surface area contributed by atoms with Crippen LogP contribution in [0.4, 0.5) is 0 Å². The summed E-state index contributed by atoms with van der Waals surface area (Å²) in [5.74, 6) is 0.699. The molecule has 1 N–H and O–H groups in total. The van der Waals surface area contributed by atoms with Crippen molar-refractivity contribution in [2.45, 2.75) is 19.0 Å². The fourth-order valence-electron chi connectivity index (χ4n) is 3.12. The molecule has 0 atom stereocenters. The summed E-state index contributed by atoms with van der Waals surface area (Å²) in [7, 11) is 0. The van der Waals surface area contributed by atoms with Crippen LogP contribution in [0.2, 0.25) is 0 Å². The summed E-state index contributed by atoms with van der Waals surface area (Å²) in [4.78, 5) is 12.4. The van der Waals surface area contributed by atoms with E-state index in [1.807, 2.05) is 103 Å². The Balaban J connectivity index is 1.53. The minimum absolute atomic E-state index is 0.171. The van der Waals surface area contributed by atoms with Crippen molar-refractivity contribution in [3.8, 4) is 17.1 Å². The van der Waals surface area contributed by atoms with E-state index in [1.54, 1.807) is 0 Å². The van der Waals surface area contributed by atoms with Gasteiger partial charge in [0.2, 0.25) is 0 Å². The number of carbonyl (C=O) groups excluding carboxylic acids is 1. The number of hydrogen-bond acceptors (Lipinski definition) is 5. The van der Waals surface area contributed by atoms with Gasteiger partial charge < -0.3 is 0 Å². The summed E-state index contributed by atoms with van der Waals surface area (Å²) in [6, 6.07) is 27.8.